The maximum Gasteiger partial charge on any atom is 0.0172 e. The van der Waals surface area contributed by atoms with E-state index in [9.17, 15) is 0 Å². The molecular weight excluding hydrogens is 182 g/mol. The molecule has 2 N–H and O–H groups in total. The third-order valence-corrected chi connectivity index (χ3v) is 4.39. The van der Waals surface area contributed by atoms with Crippen LogP contribution in [0.25, 0.3) is 0 Å². The Morgan fingerprint density at radius 2 is 1.87 bits per heavy atom. The van der Waals surface area contributed by atoms with E-state index in [2.05, 4.69) is 32.0 Å². The van der Waals surface area contributed by atoms with Crippen molar-refractivity contribution in [3.05, 3.63) is 34.9 Å². The van der Waals surface area contributed by atoms with Gasteiger partial charge in [-0.1, -0.05) is 32.0 Å². The van der Waals surface area contributed by atoms with Crippen LogP contribution in [-0.2, 0) is 12.8 Å². The highest BCUT2D eigenvalue weighted by atomic mass is 14.8. The predicted octanol–water partition coefficient (Wildman–Crippen LogP) is 2.63. The fourth-order valence-corrected chi connectivity index (χ4v) is 3.10. The van der Waals surface area contributed by atoms with E-state index in [0.29, 0.717) is 17.4 Å². The summed E-state index contributed by atoms with van der Waals surface area (Å²) in [7, 11) is 0. The van der Waals surface area contributed by atoms with Gasteiger partial charge in [-0.05, 0) is 41.4 Å². The third-order valence-electron chi connectivity index (χ3n) is 4.39. The molecule has 0 amide bonds. The molecule has 0 bridgehead atoms. The summed E-state index contributed by atoms with van der Waals surface area (Å²) in [5, 5.41) is 0. The van der Waals surface area contributed by atoms with E-state index < -0.39 is 0 Å². The van der Waals surface area contributed by atoms with Gasteiger partial charge in [-0.25, -0.2) is 0 Å². The summed E-state index contributed by atoms with van der Waals surface area (Å²) < 4.78 is 0. The van der Waals surface area contributed by atoms with Crippen molar-refractivity contribution in [3.63, 3.8) is 0 Å². The van der Waals surface area contributed by atoms with Crippen LogP contribution in [-0.4, -0.2) is 6.04 Å². The molecule has 1 saturated carbocycles. The minimum absolute atomic E-state index is 0.312. The molecule has 0 heterocycles. The average molecular weight is 201 g/mol. The largest absolute Gasteiger partial charge is 0.327 e. The second-order valence-electron chi connectivity index (χ2n) is 5.71. The fourth-order valence-electron chi connectivity index (χ4n) is 3.10. The summed E-state index contributed by atoms with van der Waals surface area (Å²) in [5.74, 6) is 0.586. The van der Waals surface area contributed by atoms with E-state index >= 15 is 0 Å². The van der Waals surface area contributed by atoms with Gasteiger partial charge in [0.2, 0.25) is 0 Å². The number of nitrogens with two attached hydrogens (primary N) is 1. The maximum atomic E-state index is 6.12. The van der Waals surface area contributed by atoms with Crippen LogP contribution >= 0.6 is 0 Å². The van der Waals surface area contributed by atoms with Gasteiger partial charge in [0.15, 0.2) is 0 Å². The third kappa shape index (κ3) is 1.26. The minimum atomic E-state index is 0.312. The summed E-state index contributed by atoms with van der Waals surface area (Å²) in [4.78, 5) is 0. The average Bonchev–Trinajstić information content (AvgIpc) is 2.62. The van der Waals surface area contributed by atoms with Gasteiger partial charge in [0.05, 0.1) is 0 Å². The zero-order valence-corrected chi connectivity index (χ0v) is 9.59. The van der Waals surface area contributed by atoms with Crippen LogP contribution in [0.5, 0.6) is 0 Å². The fraction of sp³-hybridized carbons (Fsp3) is 0.571. The zero-order chi connectivity index (χ0) is 10.6. The van der Waals surface area contributed by atoms with Crippen molar-refractivity contribution in [2.45, 2.75) is 45.1 Å². The van der Waals surface area contributed by atoms with Crippen LogP contribution in [0.1, 0.15) is 42.9 Å². The number of rotatable bonds is 1. The van der Waals surface area contributed by atoms with Gasteiger partial charge in [0, 0.05) is 12.0 Å². The molecule has 2 aliphatic rings. The lowest BCUT2D eigenvalue weighted by Gasteiger charge is -2.06. The standard InChI is InChI=1S/C14H19N/c1-14(2)12(13(14)15)11-7-6-9-4-3-5-10(9)8-11/h6-8,12-13H,3-5,15H2,1-2H3. The topological polar surface area (TPSA) is 26.0 Å². The lowest BCUT2D eigenvalue weighted by atomic mass is 9.99. The molecule has 2 aliphatic carbocycles. The highest BCUT2D eigenvalue weighted by Gasteiger charge is 2.56. The van der Waals surface area contributed by atoms with Gasteiger partial charge in [-0.3, -0.25) is 0 Å². The second kappa shape index (κ2) is 2.85. The van der Waals surface area contributed by atoms with Gasteiger partial charge in [-0.2, -0.15) is 0 Å². The van der Waals surface area contributed by atoms with Crippen molar-refractivity contribution in [2.24, 2.45) is 11.1 Å². The molecule has 1 aromatic rings. The molecule has 1 aromatic carbocycles. The van der Waals surface area contributed by atoms with Crippen molar-refractivity contribution in [1.29, 1.82) is 0 Å². The monoisotopic (exact) mass is 201 g/mol. The summed E-state index contributed by atoms with van der Waals surface area (Å²) in [6.07, 6.45) is 3.88. The van der Waals surface area contributed by atoms with Crippen molar-refractivity contribution >= 4 is 0 Å². The lowest BCUT2D eigenvalue weighted by Crippen LogP contribution is -2.06. The summed E-state index contributed by atoms with van der Waals surface area (Å²) >= 11 is 0. The first-order valence-corrected chi connectivity index (χ1v) is 5.98. The van der Waals surface area contributed by atoms with Crippen LogP contribution in [0.2, 0.25) is 0 Å². The Hall–Kier alpha value is -0.820. The number of fused-ring (bicyclic) bond motifs is 1. The molecule has 0 spiro atoms. The molecule has 1 nitrogen and oxygen atoms in total. The Morgan fingerprint density at radius 1 is 1.20 bits per heavy atom. The lowest BCUT2D eigenvalue weighted by molar-refractivity contribution is 0.599. The van der Waals surface area contributed by atoms with Crippen molar-refractivity contribution in [2.75, 3.05) is 0 Å². The molecule has 15 heavy (non-hydrogen) atoms. The molecule has 1 fully saturated rings. The summed E-state index contributed by atoms with van der Waals surface area (Å²) in [6.45, 7) is 4.55. The van der Waals surface area contributed by atoms with Gasteiger partial charge in [0.25, 0.3) is 0 Å². The molecule has 0 aromatic heterocycles. The molecule has 2 unspecified atom stereocenters. The van der Waals surface area contributed by atoms with E-state index in [1.807, 2.05) is 0 Å². The minimum Gasteiger partial charge on any atom is -0.327 e. The van der Waals surface area contributed by atoms with E-state index in [-0.39, 0.29) is 0 Å². The van der Waals surface area contributed by atoms with Crippen molar-refractivity contribution in [1.82, 2.24) is 0 Å². The number of benzene rings is 1. The van der Waals surface area contributed by atoms with Crippen molar-refractivity contribution < 1.29 is 0 Å². The van der Waals surface area contributed by atoms with Gasteiger partial charge in [-0.15, -0.1) is 0 Å². The molecule has 2 atom stereocenters. The molecule has 80 valence electrons. The predicted molar refractivity (Wildman–Crippen MR) is 63.0 cm³/mol. The van der Waals surface area contributed by atoms with E-state index in [1.54, 1.807) is 11.1 Å². The van der Waals surface area contributed by atoms with Crippen LogP contribution in [0.4, 0.5) is 0 Å². The smallest absolute Gasteiger partial charge is 0.0172 e. The zero-order valence-electron chi connectivity index (χ0n) is 9.59. The van der Waals surface area contributed by atoms with Gasteiger partial charge in [0.1, 0.15) is 0 Å². The first kappa shape index (κ1) is 9.41. The quantitative estimate of drug-likeness (QED) is 0.742. The van der Waals surface area contributed by atoms with Crippen LogP contribution in [0.15, 0.2) is 18.2 Å². The Kier molecular flexibility index (Phi) is 1.79. The Bertz CT molecular complexity index is 406. The van der Waals surface area contributed by atoms with Gasteiger partial charge >= 0.3 is 0 Å². The number of hydrogen-bond donors (Lipinski definition) is 1. The van der Waals surface area contributed by atoms with Crippen LogP contribution < -0.4 is 5.73 Å². The molecular formula is C14H19N. The summed E-state index contributed by atoms with van der Waals surface area (Å²) in [5.41, 5.74) is 11.0. The first-order chi connectivity index (χ1) is 7.10. The van der Waals surface area contributed by atoms with Crippen LogP contribution in [0.3, 0.4) is 0 Å². The molecule has 3 rings (SSSR count). The first-order valence-electron chi connectivity index (χ1n) is 5.98. The Morgan fingerprint density at radius 3 is 2.53 bits per heavy atom. The Labute approximate surface area is 91.7 Å². The van der Waals surface area contributed by atoms with E-state index in [1.165, 1.54) is 24.8 Å². The molecule has 0 aliphatic heterocycles. The van der Waals surface area contributed by atoms with E-state index in [0.717, 1.165) is 0 Å². The van der Waals surface area contributed by atoms with Gasteiger partial charge < -0.3 is 5.73 Å². The molecule has 0 radical (unpaired) electrons. The SMILES string of the molecule is CC1(C)C(N)C1c1ccc2c(c1)CCC2. The number of hydrogen-bond acceptors (Lipinski definition) is 1. The molecule has 0 saturated heterocycles. The second-order valence-corrected chi connectivity index (χ2v) is 5.71. The number of aryl methyl sites for hydroxylation is 2. The molecule has 1 heteroatoms. The van der Waals surface area contributed by atoms with Crippen molar-refractivity contribution in [3.8, 4) is 0 Å². The normalized spacial score (nSPS) is 31.4. The maximum absolute atomic E-state index is 6.12. The summed E-state index contributed by atoms with van der Waals surface area (Å²) in [6, 6.07) is 7.38. The highest BCUT2D eigenvalue weighted by molar-refractivity contribution is 5.41. The van der Waals surface area contributed by atoms with Crippen LogP contribution in [0, 0.1) is 5.41 Å². The van der Waals surface area contributed by atoms with E-state index in [4.69, 9.17) is 5.73 Å². The Balaban J connectivity index is 1.95. The highest BCUT2D eigenvalue weighted by Crippen LogP contribution is 2.57.